The number of carbonyl (C=O) groups excluding carboxylic acids is 2. The van der Waals surface area contributed by atoms with Crippen LogP contribution < -0.4 is 31.3 Å². The molecule has 25 heavy (non-hydrogen) atoms. The second-order valence-electron chi connectivity index (χ2n) is 5.90. The van der Waals surface area contributed by atoms with Crippen molar-refractivity contribution in [2.75, 3.05) is 37.1 Å². The van der Waals surface area contributed by atoms with Crippen LogP contribution in [0.2, 0.25) is 0 Å². The van der Waals surface area contributed by atoms with Crippen molar-refractivity contribution in [3.05, 3.63) is 17.9 Å². The summed E-state index contributed by atoms with van der Waals surface area (Å²) < 4.78 is 19.3. The van der Waals surface area contributed by atoms with Gasteiger partial charge in [-0.05, 0) is 19.9 Å². The van der Waals surface area contributed by atoms with Crippen LogP contribution in [0.15, 0.2) is 12.1 Å². The van der Waals surface area contributed by atoms with Gasteiger partial charge >= 0.3 is 0 Å². The molecule has 1 aliphatic heterocycles. The number of hydrogen-bond acceptors (Lipinski definition) is 6. The van der Waals surface area contributed by atoms with Crippen LogP contribution in [0.3, 0.4) is 0 Å². The van der Waals surface area contributed by atoms with Gasteiger partial charge in [-0.1, -0.05) is 0 Å². The van der Waals surface area contributed by atoms with Gasteiger partial charge in [0.1, 0.15) is 6.04 Å². The Morgan fingerprint density at radius 3 is 2.72 bits per heavy atom. The summed E-state index contributed by atoms with van der Waals surface area (Å²) in [6.45, 7) is 4.11. The van der Waals surface area contributed by atoms with Crippen LogP contribution in [0.4, 0.5) is 15.8 Å². The lowest BCUT2D eigenvalue weighted by atomic mass is 10.2. The second-order valence-corrected chi connectivity index (χ2v) is 5.90. The smallest absolute Gasteiger partial charge is 0.242 e. The van der Waals surface area contributed by atoms with Crippen molar-refractivity contribution in [3.8, 4) is 5.75 Å². The lowest BCUT2D eigenvalue weighted by Crippen LogP contribution is -2.50. The molecule has 5 N–H and O–H groups in total. The number of ether oxygens (including phenoxy) is 1. The van der Waals surface area contributed by atoms with E-state index in [2.05, 4.69) is 16.0 Å². The van der Waals surface area contributed by atoms with Gasteiger partial charge in [0.15, 0.2) is 18.3 Å². The van der Waals surface area contributed by atoms with Crippen molar-refractivity contribution in [3.63, 3.8) is 0 Å². The number of hydrogen-bond donors (Lipinski definition) is 4. The van der Waals surface area contributed by atoms with E-state index in [4.69, 9.17) is 10.5 Å². The molecule has 1 aliphatic rings. The number of halogens is 1. The van der Waals surface area contributed by atoms with E-state index in [0.29, 0.717) is 24.5 Å². The quantitative estimate of drug-likeness (QED) is 0.549. The fraction of sp³-hybridized carbons (Fsp3) is 0.500. The summed E-state index contributed by atoms with van der Waals surface area (Å²) >= 11 is 0. The highest BCUT2D eigenvalue weighted by Crippen LogP contribution is 2.38. The van der Waals surface area contributed by atoms with E-state index in [0.717, 1.165) is 0 Å². The van der Waals surface area contributed by atoms with Gasteiger partial charge in [-0.15, -0.1) is 0 Å². The third-order valence-electron chi connectivity index (χ3n) is 3.86. The van der Waals surface area contributed by atoms with Gasteiger partial charge in [0.05, 0.1) is 11.7 Å². The number of nitrogens with one attached hydrogen (secondary N) is 3. The summed E-state index contributed by atoms with van der Waals surface area (Å²) in [6.07, 6.45) is 0. The molecule has 0 bridgehead atoms. The van der Waals surface area contributed by atoms with Crippen LogP contribution in [-0.2, 0) is 9.59 Å². The molecule has 0 spiro atoms. The Bertz CT molecular complexity index is 653. The SMILES string of the molecule is CNc1cc(F)c2c(c1)N(CCNC(=O)[C@H](C)NC(=O)[C@H](C)N)CO2. The number of benzene rings is 1. The third-order valence-corrected chi connectivity index (χ3v) is 3.86. The molecule has 2 amide bonds. The molecule has 1 heterocycles. The first-order valence-corrected chi connectivity index (χ1v) is 8.06. The van der Waals surface area contributed by atoms with Gasteiger partial charge < -0.3 is 31.3 Å². The first kappa shape index (κ1) is 18.8. The molecule has 2 rings (SSSR count). The molecular formula is C16H24FN5O3. The van der Waals surface area contributed by atoms with Crippen molar-refractivity contribution in [1.82, 2.24) is 10.6 Å². The highest BCUT2D eigenvalue weighted by Gasteiger charge is 2.25. The number of fused-ring (bicyclic) bond motifs is 1. The molecule has 0 aliphatic carbocycles. The molecule has 0 fully saturated rings. The fourth-order valence-electron chi connectivity index (χ4n) is 2.38. The zero-order valence-electron chi connectivity index (χ0n) is 14.6. The third kappa shape index (κ3) is 4.50. The predicted octanol–water partition coefficient (Wildman–Crippen LogP) is -0.00820. The molecule has 1 aromatic rings. The highest BCUT2D eigenvalue weighted by atomic mass is 19.1. The summed E-state index contributed by atoms with van der Waals surface area (Å²) in [5.41, 5.74) is 6.73. The lowest BCUT2D eigenvalue weighted by molar-refractivity contribution is -0.128. The molecule has 0 unspecified atom stereocenters. The maximum Gasteiger partial charge on any atom is 0.242 e. The van der Waals surface area contributed by atoms with Gasteiger partial charge in [-0.2, -0.15) is 0 Å². The van der Waals surface area contributed by atoms with Crippen molar-refractivity contribution in [1.29, 1.82) is 0 Å². The molecule has 2 atom stereocenters. The van der Waals surface area contributed by atoms with E-state index < -0.39 is 17.9 Å². The largest absolute Gasteiger partial charge is 0.468 e. The van der Waals surface area contributed by atoms with Gasteiger partial charge in [0.25, 0.3) is 0 Å². The average molecular weight is 353 g/mol. The highest BCUT2D eigenvalue weighted by molar-refractivity contribution is 5.89. The van der Waals surface area contributed by atoms with E-state index >= 15 is 0 Å². The van der Waals surface area contributed by atoms with Gasteiger partial charge in [-0.3, -0.25) is 9.59 Å². The second kappa shape index (κ2) is 8.02. The Morgan fingerprint density at radius 2 is 2.08 bits per heavy atom. The number of amides is 2. The summed E-state index contributed by atoms with van der Waals surface area (Å²) in [6, 6.07) is 1.80. The van der Waals surface area contributed by atoms with E-state index in [-0.39, 0.29) is 24.3 Å². The number of nitrogens with two attached hydrogens (primary N) is 1. The zero-order valence-corrected chi connectivity index (χ0v) is 14.6. The minimum Gasteiger partial charge on any atom is -0.468 e. The normalized spacial score (nSPS) is 15.0. The molecule has 0 aromatic heterocycles. The number of nitrogens with zero attached hydrogens (tertiary/aromatic N) is 1. The molecule has 0 saturated heterocycles. The monoisotopic (exact) mass is 353 g/mol. The molecule has 8 nitrogen and oxygen atoms in total. The maximum absolute atomic E-state index is 13.9. The van der Waals surface area contributed by atoms with Crippen molar-refractivity contribution in [2.45, 2.75) is 25.9 Å². The summed E-state index contributed by atoms with van der Waals surface area (Å²) in [5.74, 6) is -0.924. The van der Waals surface area contributed by atoms with Gasteiger partial charge in [0.2, 0.25) is 11.8 Å². The Kier molecular flexibility index (Phi) is 6.02. The van der Waals surface area contributed by atoms with E-state index in [1.807, 2.05) is 4.90 Å². The first-order valence-electron chi connectivity index (χ1n) is 8.06. The van der Waals surface area contributed by atoms with Crippen LogP contribution in [0.5, 0.6) is 5.75 Å². The fourth-order valence-corrected chi connectivity index (χ4v) is 2.38. The van der Waals surface area contributed by atoms with Crippen LogP contribution >= 0.6 is 0 Å². The van der Waals surface area contributed by atoms with Crippen molar-refractivity contribution >= 4 is 23.2 Å². The summed E-state index contributed by atoms with van der Waals surface area (Å²) in [5, 5.41) is 8.14. The maximum atomic E-state index is 13.9. The predicted molar refractivity (Wildman–Crippen MR) is 93.1 cm³/mol. The zero-order chi connectivity index (χ0) is 18.6. The van der Waals surface area contributed by atoms with Gasteiger partial charge in [0, 0.05) is 31.9 Å². The molecule has 138 valence electrons. The Morgan fingerprint density at radius 1 is 1.36 bits per heavy atom. The average Bonchev–Trinajstić information content (AvgIpc) is 2.98. The van der Waals surface area contributed by atoms with Gasteiger partial charge in [-0.25, -0.2) is 4.39 Å². The number of rotatable bonds is 7. The first-order chi connectivity index (χ1) is 11.8. The van der Waals surface area contributed by atoms with Crippen LogP contribution in [0.1, 0.15) is 13.8 Å². The minimum atomic E-state index is -0.686. The Balaban J connectivity index is 1.87. The number of carbonyl (C=O) groups is 2. The van der Waals surface area contributed by atoms with Crippen molar-refractivity contribution in [2.24, 2.45) is 5.73 Å². The summed E-state index contributed by atoms with van der Waals surface area (Å²) in [4.78, 5) is 25.3. The number of anilines is 2. The molecule has 9 heteroatoms. The molecular weight excluding hydrogens is 329 g/mol. The summed E-state index contributed by atoms with van der Waals surface area (Å²) in [7, 11) is 1.71. The van der Waals surface area contributed by atoms with Crippen molar-refractivity contribution < 1.29 is 18.7 Å². The standard InChI is InChI=1S/C16H24FN5O3/c1-9(18)15(23)21-10(2)16(24)20-4-5-22-8-25-14-12(17)6-11(19-3)7-13(14)22/h6-7,9-10,19H,4-5,8,18H2,1-3H3,(H,20,24)(H,21,23)/t9-,10-/m0/s1. The Labute approximate surface area is 145 Å². The topological polar surface area (TPSA) is 109 Å². The van der Waals surface area contributed by atoms with E-state index in [9.17, 15) is 14.0 Å². The molecule has 1 aromatic carbocycles. The van der Waals surface area contributed by atoms with E-state index in [1.54, 1.807) is 27.0 Å². The van der Waals surface area contributed by atoms with E-state index in [1.165, 1.54) is 6.07 Å². The van der Waals surface area contributed by atoms with Crippen LogP contribution in [-0.4, -0.2) is 50.8 Å². The molecule has 0 radical (unpaired) electrons. The van der Waals surface area contributed by atoms with Crippen LogP contribution in [0, 0.1) is 5.82 Å². The lowest BCUT2D eigenvalue weighted by Gasteiger charge is -2.19. The molecule has 0 saturated carbocycles. The minimum absolute atomic E-state index is 0.211. The van der Waals surface area contributed by atoms with Crippen LogP contribution in [0.25, 0.3) is 0 Å². The Hall–Kier alpha value is -2.55.